The van der Waals surface area contributed by atoms with E-state index >= 15 is 0 Å². The van der Waals surface area contributed by atoms with E-state index in [2.05, 4.69) is 31.1 Å². The largest absolute Gasteiger partial charge is 0.497 e. The Morgan fingerprint density at radius 2 is 1.65 bits per heavy atom. The first kappa shape index (κ1) is 27.1. The number of ether oxygens (including phenoxy) is 1. The maximum absolute atomic E-state index is 12.3. The number of nitrogens with zero attached hydrogens (tertiary/aromatic N) is 2. The Balaban J connectivity index is 1.24. The molecule has 1 fully saturated rings. The molecule has 2 aromatic carbocycles. The number of nitrogens with one attached hydrogen (secondary N) is 4. The van der Waals surface area contributed by atoms with Crippen molar-refractivity contribution in [2.75, 3.05) is 25.6 Å². The van der Waals surface area contributed by atoms with Crippen molar-refractivity contribution >= 4 is 28.7 Å². The lowest BCUT2D eigenvalue weighted by Crippen LogP contribution is -2.34. The normalized spacial score (nSPS) is 13.7. The average molecular weight is 542 g/mol. The van der Waals surface area contributed by atoms with Crippen molar-refractivity contribution < 1.29 is 14.3 Å². The van der Waals surface area contributed by atoms with Crippen LogP contribution in [-0.2, 0) is 4.79 Å². The topological polar surface area (TPSA) is 147 Å². The molecule has 0 radical (unpaired) electrons. The predicted molar refractivity (Wildman–Crippen MR) is 156 cm³/mol. The third kappa shape index (κ3) is 6.23. The number of fused-ring (bicyclic) bond motifs is 1. The second-order valence-corrected chi connectivity index (χ2v) is 10.0. The zero-order valence-electron chi connectivity index (χ0n) is 22.6. The summed E-state index contributed by atoms with van der Waals surface area (Å²) in [6.07, 6.45) is 7.62. The minimum absolute atomic E-state index is 0.149. The standard InChI is InChI=1S/C30H35N7O3/c1-40-23-14-12-20(13-15-23)19-8-10-21(11-9-19)28-35-26-25(24(27(31)38)18-33-29(26)36-28)37-34-17-5-16-32-30(39)22-6-3-2-4-7-22/h8-15,18,22,34H,2-7,16-17H2,1H3,(H2,31,38)(H,32,39)(H2,33,35,36,37). The molecule has 0 bridgehead atoms. The zero-order chi connectivity index (χ0) is 27.9. The number of carbonyl (C=O) groups is 2. The number of nitrogens with two attached hydrogens (primary N) is 1. The van der Waals surface area contributed by atoms with Gasteiger partial charge in [0.05, 0.1) is 18.4 Å². The fraction of sp³-hybridized carbons (Fsp3) is 0.333. The Kier molecular flexibility index (Phi) is 8.56. The molecule has 0 spiro atoms. The highest BCUT2D eigenvalue weighted by atomic mass is 16.5. The van der Waals surface area contributed by atoms with E-state index in [4.69, 9.17) is 10.5 Å². The number of amides is 2. The quantitative estimate of drug-likeness (QED) is 0.140. The van der Waals surface area contributed by atoms with E-state index in [9.17, 15) is 9.59 Å². The summed E-state index contributed by atoms with van der Waals surface area (Å²) in [7, 11) is 1.65. The zero-order valence-corrected chi connectivity index (χ0v) is 22.6. The summed E-state index contributed by atoms with van der Waals surface area (Å²) in [5.41, 5.74) is 16.7. The van der Waals surface area contributed by atoms with E-state index in [-0.39, 0.29) is 17.4 Å². The van der Waals surface area contributed by atoms with Crippen LogP contribution in [0.5, 0.6) is 5.75 Å². The average Bonchev–Trinajstić information content (AvgIpc) is 3.44. The molecule has 10 nitrogen and oxygen atoms in total. The predicted octanol–water partition coefficient (Wildman–Crippen LogP) is 4.40. The number of imidazole rings is 1. The first-order valence-electron chi connectivity index (χ1n) is 13.7. The molecule has 2 heterocycles. The van der Waals surface area contributed by atoms with Gasteiger partial charge in [0, 0.05) is 30.8 Å². The van der Waals surface area contributed by atoms with E-state index < -0.39 is 5.91 Å². The van der Waals surface area contributed by atoms with Gasteiger partial charge in [0.1, 0.15) is 17.1 Å². The molecule has 1 saturated carbocycles. The van der Waals surface area contributed by atoms with Crippen LogP contribution in [0.1, 0.15) is 48.9 Å². The van der Waals surface area contributed by atoms with Gasteiger partial charge in [0.2, 0.25) is 5.91 Å². The summed E-state index contributed by atoms with van der Waals surface area (Å²) in [5.74, 6) is 1.14. The number of rotatable bonds is 11. The maximum atomic E-state index is 12.3. The molecule has 2 aromatic heterocycles. The molecular formula is C30H35N7O3. The van der Waals surface area contributed by atoms with Crippen LogP contribution in [0.15, 0.2) is 54.7 Å². The molecular weight excluding hydrogens is 506 g/mol. The lowest BCUT2D eigenvalue weighted by Gasteiger charge is -2.20. The van der Waals surface area contributed by atoms with Crippen LogP contribution in [0.2, 0.25) is 0 Å². The van der Waals surface area contributed by atoms with E-state index in [0.29, 0.717) is 35.8 Å². The summed E-state index contributed by atoms with van der Waals surface area (Å²) in [4.78, 5) is 36.7. The third-order valence-corrected chi connectivity index (χ3v) is 7.33. The number of pyridine rings is 1. The SMILES string of the molecule is COc1ccc(-c2ccc(-c3nc4ncc(C(N)=O)c(NNCCCNC(=O)C5CCCCC5)c4[nH]3)cc2)cc1. The highest BCUT2D eigenvalue weighted by Gasteiger charge is 2.20. The van der Waals surface area contributed by atoms with Crippen LogP contribution in [0.4, 0.5) is 5.69 Å². The van der Waals surface area contributed by atoms with Crippen LogP contribution in [0.25, 0.3) is 33.7 Å². The number of hydrogen-bond acceptors (Lipinski definition) is 7. The van der Waals surface area contributed by atoms with Gasteiger partial charge < -0.3 is 26.2 Å². The molecule has 1 aliphatic rings. The smallest absolute Gasteiger partial charge is 0.252 e. The van der Waals surface area contributed by atoms with Crippen molar-refractivity contribution in [2.24, 2.45) is 11.7 Å². The number of hydrazine groups is 1. The Bertz CT molecular complexity index is 1460. The molecule has 0 unspecified atom stereocenters. The Hall–Kier alpha value is -4.44. The van der Waals surface area contributed by atoms with Crippen LogP contribution < -0.4 is 26.6 Å². The van der Waals surface area contributed by atoms with Crippen LogP contribution in [0.3, 0.4) is 0 Å². The molecule has 208 valence electrons. The fourth-order valence-corrected chi connectivity index (χ4v) is 5.06. The van der Waals surface area contributed by atoms with Crippen molar-refractivity contribution in [3.63, 3.8) is 0 Å². The second-order valence-electron chi connectivity index (χ2n) is 10.0. The molecule has 6 N–H and O–H groups in total. The van der Waals surface area contributed by atoms with Gasteiger partial charge in [-0.3, -0.25) is 9.59 Å². The number of aromatic nitrogens is 3. The number of methoxy groups -OCH3 is 1. The summed E-state index contributed by atoms with van der Waals surface area (Å²) in [6.45, 7) is 1.15. The van der Waals surface area contributed by atoms with Gasteiger partial charge in [-0.15, -0.1) is 0 Å². The molecule has 0 saturated heterocycles. The molecule has 1 aliphatic carbocycles. The van der Waals surface area contributed by atoms with Gasteiger partial charge in [-0.1, -0.05) is 55.7 Å². The van der Waals surface area contributed by atoms with Crippen LogP contribution in [0, 0.1) is 5.92 Å². The summed E-state index contributed by atoms with van der Waals surface area (Å²) < 4.78 is 5.24. The number of H-pyrrole nitrogens is 1. The lowest BCUT2D eigenvalue weighted by molar-refractivity contribution is -0.125. The maximum Gasteiger partial charge on any atom is 0.252 e. The van der Waals surface area contributed by atoms with Crippen molar-refractivity contribution in [1.82, 2.24) is 25.7 Å². The molecule has 10 heteroatoms. The van der Waals surface area contributed by atoms with E-state index in [0.717, 1.165) is 54.5 Å². The highest BCUT2D eigenvalue weighted by Crippen LogP contribution is 2.29. The van der Waals surface area contributed by atoms with Crippen molar-refractivity contribution in [2.45, 2.75) is 38.5 Å². The second kappa shape index (κ2) is 12.6. The highest BCUT2D eigenvalue weighted by molar-refractivity contribution is 6.05. The lowest BCUT2D eigenvalue weighted by atomic mass is 9.89. The molecule has 0 atom stereocenters. The van der Waals surface area contributed by atoms with Crippen molar-refractivity contribution in [3.8, 4) is 28.3 Å². The number of aromatic amines is 1. The number of primary amides is 1. The van der Waals surface area contributed by atoms with E-state index in [1.165, 1.54) is 12.6 Å². The Labute approximate surface area is 233 Å². The van der Waals surface area contributed by atoms with E-state index in [1.807, 2.05) is 48.5 Å². The van der Waals surface area contributed by atoms with E-state index in [1.54, 1.807) is 7.11 Å². The summed E-state index contributed by atoms with van der Waals surface area (Å²) in [6, 6.07) is 15.9. The summed E-state index contributed by atoms with van der Waals surface area (Å²) >= 11 is 0. The molecule has 40 heavy (non-hydrogen) atoms. The molecule has 2 amide bonds. The van der Waals surface area contributed by atoms with Gasteiger partial charge in [-0.05, 0) is 42.5 Å². The van der Waals surface area contributed by atoms with Gasteiger partial charge >= 0.3 is 0 Å². The monoisotopic (exact) mass is 541 g/mol. The number of carbonyl (C=O) groups excluding carboxylic acids is 2. The number of anilines is 1. The van der Waals surface area contributed by atoms with Crippen molar-refractivity contribution in [3.05, 3.63) is 60.3 Å². The van der Waals surface area contributed by atoms with Crippen molar-refractivity contribution in [1.29, 1.82) is 0 Å². The van der Waals surface area contributed by atoms with Gasteiger partial charge in [0.15, 0.2) is 5.65 Å². The minimum atomic E-state index is -0.599. The van der Waals surface area contributed by atoms with Gasteiger partial charge in [-0.25, -0.2) is 15.4 Å². The van der Waals surface area contributed by atoms with Crippen LogP contribution >= 0.6 is 0 Å². The first-order valence-corrected chi connectivity index (χ1v) is 13.7. The first-order chi connectivity index (χ1) is 19.5. The van der Waals surface area contributed by atoms with Crippen LogP contribution in [-0.4, -0.2) is 47.0 Å². The molecule has 0 aliphatic heterocycles. The molecule has 5 rings (SSSR count). The minimum Gasteiger partial charge on any atom is -0.497 e. The van der Waals surface area contributed by atoms with Gasteiger partial charge in [0.25, 0.3) is 5.91 Å². The Morgan fingerprint density at radius 3 is 2.33 bits per heavy atom. The van der Waals surface area contributed by atoms with Gasteiger partial charge in [-0.2, -0.15) is 0 Å². The Morgan fingerprint density at radius 1 is 0.975 bits per heavy atom. The fourth-order valence-electron chi connectivity index (χ4n) is 5.06. The summed E-state index contributed by atoms with van der Waals surface area (Å²) in [5, 5.41) is 3.04. The molecule has 4 aromatic rings. The third-order valence-electron chi connectivity index (χ3n) is 7.33. The number of benzene rings is 2. The number of hydrogen-bond donors (Lipinski definition) is 5.